The second-order valence-electron chi connectivity index (χ2n) is 4.35. The van der Waals surface area contributed by atoms with E-state index in [1.165, 1.54) is 20.4 Å². The van der Waals surface area contributed by atoms with E-state index in [1.807, 2.05) is 6.92 Å². The van der Waals surface area contributed by atoms with E-state index >= 15 is 0 Å². The Kier molecular flexibility index (Phi) is 4.69. The summed E-state index contributed by atoms with van der Waals surface area (Å²) in [6.07, 6.45) is 0.789. The molecule has 1 N–H and O–H groups in total. The third-order valence-electron chi connectivity index (χ3n) is 2.98. The zero-order chi connectivity index (χ0) is 13.0. The zero-order valence-corrected chi connectivity index (χ0v) is 11.0. The van der Waals surface area contributed by atoms with Gasteiger partial charge in [-0.25, -0.2) is 4.98 Å². The highest BCUT2D eigenvalue weighted by atomic mass is 16.5. The molecule has 0 aliphatic carbocycles. The highest BCUT2D eigenvalue weighted by molar-refractivity contribution is 5.25. The van der Waals surface area contributed by atoms with Crippen LogP contribution in [0.15, 0.2) is 6.20 Å². The fraction of sp³-hybridized carbons (Fsp3) is 0.667. The molecule has 0 saturated carbocycles. The summed E-state index contributed by atoms with van der Waals surface area (Å²) in [6, 6.07) is 0. The van der Waals surface area contributed by atoms with Gasteiger partial charge in [-0.05, 0) is 11.8 Å². The van der Waals surface area contributed by atoms with E-state index in [0.29, 0.717) is 23.4 Å². The van der Waals surface area contributed by atoms with Crippen LogP contribution >= 0.6 is 0 Å². The first-order chi connectivity index (χ1) is 8.01. The van der Waals surface area contributed by atoms with Crippen LogP contribution in [0.2, 0.25) is 0 Å². The van der Waals surface area contributed by atoms with Crippen LogP contribution in [-0.4, -0.2) is 29.3 Å². The van der Waals surface area contributed by atoms with Gasteiger partial charge in [0.25, 0.3) is 0 Å². The minimum Gasteiger partial charge on any atom is -0.480 e. The molecule has 5 heteroatoms. The Morgan fingerprint density at radius 1 is 1.18 bits per heavy atom. The van der Waals surface area contributed by atoms with Gasteiger partial charge in [0.1, 0.15) is 11.8 Å². The quantitative estimate of drug-likeness (QED) is 0.850. The van der Waals surface area contributed by atoms with Gasteiger partial charge in [0.05, 0.1) is 20.4 Å². The van der Waals surface area contributed by atoms with Crippen molar-refractivity contribution in [3.8, 4) is 11.8 Å². The molecule has 0 amide bonds. The summed E-state index contributed by atoms with van der Waals surface area (Å²) >= 11 is 0. The monoisotopic (exact) mass is 240 g/mol. The maximum absolute atomic E-state index is 10.2. The lowest BCUT2D eigenvalue weighted by molar-refractivity contribution is 0.0845. The number of aliphatic hydroxyl groups is 1. The van der Waals surface area contributed by atoms with Gasteiger partial charge in [-0.2, -0.15) is 4.98 Å². The largest absolute Gasteiger partial charge is 0.480 e. The summed E-state index contributed by atoms with van der Waals surface area (Å²) in [5.74, 6) is 1.10. The Hall–Kier alpha value is -1.36. The average molecular weight is 240 g/mol. The van der Waals surface area contributed by atoms with Gasteiger partial charge in [-0.3, -0.25) is 0 Å². The van der Waals surface area contributed by atoms with E-state index in [4.69, 9.17) is 9.47 Å². The van der Waals surface area contributed by atoms with Crippen LogP contribution in [-0.2, 0) is 0 Å². The maximum atomic E-state index is 10.2. The average Bonchev–Trinajstić information content (AvgIpc) is 2.35. The third kappa shape index (κ3) is 3.06. The molecule has 0 fully saturated rings. The number of methoxy groups -OCH3 is 2. The van der Waals surface area contributed by atoms with E-state index < -0.39 is 6.10 Å². The number of hydrogen-bond acceptors (Lipinski definition) is 5. The zero-order valence-electron chi connectivity index (χ0n) is 11.0. The normalized spacial score (nSPS) is 14.5. The molecule has 0 aromatic carbocycles. The Morgan fingerprint density at radius 2 is 1.82 bits per heavy atom. The number of hydrogen-bond donors (Lipinski definition) is 1. The van der Waals surface area contributed by atoms with Gasteiger partial charge in [-0.1, -0.05) is 20.8 Å². The molecule has 2 atom stereocenters. The first-order valence-electron chi connectivity index (χ1n) is 5.64. The Bertz CT molecular complexity index is 369. The highest BCUT2D eigenvalue weighted by Gasteiger charge is 2.25. The summed E-state index contributed by atoms with van der Waals surface area (Å²) in [6.45, 7) is 6.08. The molecule has 0 spiro atoms. The van der Waals surface area contributed by atoms with Crippen LogP contribution in [0.4, 0.5) is 0 Å². The smallest absolute Gasteiger partial charge is 0.241 e. The van der Waals surface area contributed by atoms with E-state index in [1.54, 1.807) is 0 Å². The molecule has 17 heavy (non-hydrogen) atoms. The van der Waals surface area contributed by atoms with Crippen LogP contribution < -0.4 is 9.47 Å². The molecule has 0 radical (unpaired) electrons. The fourth-order valence-electron chi connectivity index (χ4n) is 1.43. The predicted molar refractivity (Wildman–Crippen MR) is 64.1 cm³/mol. The van der Waals surface area contributed by atoms with Gasteiger partial charge < -0.3 is 14.6 Å². The van der Waals surface area contributed by atoms with Crippen molar-refractivity contribution in [3.63, 3.8) is 0 Å². The fourth-order valence-corrected chi connectivity index (χ4v) is 1.43. The molecule has 2 unspecified atom stereocenters. The van der Waals surface area contributed by atoms with Crippen molar-refractivity contribution < 1.29 is 14.6 Å². The molecule has 0 saturated heterocycles. The molecule has 0 aliphatic heterocycles. The SMILES string of the molecule is COc1cnc(C(O)C(C)C(C)C)c(OC)n1. The van der Waals surface area contributed by atoms with E-state index in [-0.39, 0.29) is 5.92 Å². The molecule has 1 rings (SSSR count). The molecule has 96 valence electrons. The summed E-state index contributed by atoms with van der Waals surface area (Å²) in [7, 11) is 3.01. The number of ether oxygens (including phenoxy) is 2. The molecule has 1 aromatic rings. The number of rotatable bonds is 5. The van der Waals surface area contributed by atoms with Crippen molar-refractivity contribution in [2.24, 2.45) is 11.8 Å². The highest BCUT2D eigenvalue weighted by Crippen LogP contribution is 2.31. The standard InChI is InChI=1S/C12H20N2O3/c1-7(2)8(3)11(15)10-12(17-5)14-9(16-4)6-13-10/h6-8,11,15H,1-5H3. The van der Waals surface area contributed by atoms with Crippen molar-refractivity contribution in [3.05, 3.63) is 11.9 Å². The van der Waals surface area contributed by atoms with Crippen LogP contribution in [0.1, 0.15) is 32.6 Å². The number of aliphatic hydroxyl groups excluding tert-OH is 1. The Labute approximate surface area is 102 Å². The van der Waals surface area contributed by atoms with Gasteiger partial charge in [0, 0.05) is 0 Å². The molecule has 0 bridgehead atoms. The molecule has 5 nitrogen and oxygen atoms in total. The summed E-state index contributed by atoms with van der Waals surface area (Å²) in [4.78, 5) is 8.27. The number of nitrogens with zero attached hydrogens (tertiary/aromatic N) is 2. The van der Waals surface area contributed by atoms with E-state index in [2.05, 4.69) is 23.8 Å². The first kappa shape index (κ1) is 13.7. The lowest BCUT2D eigenvalue weighted by Crippen LogP contribution is -2.17. The van der Waals surface area contributed by atoms with Crippen molar-refractivity contribution in [1.82, 2.24) is 9.97 Å². The summed E-state index contributed by atoms with van der Waals surface area (Å²) < 4.78 is 10.1. The van der Waals surface area contributed by atoms with Crippen molar-refractivity contribution in [1.29, 1.82) is 0 Å². The third-order valence-corrected chi connectivity index (χ3v) is 2.98. The summed E-state index contributed by atoms with van der Waals surface area (Å²) in [5, 5.41) is 10.2. The predicted octanol–water partition coefficient (Wildman–Crippen LogP) is 1.82. The minimum atomic E-state index is -0.691. The van der Waals surface area contributed by atoms with Gasteiger partial charge in [-0.15, -0.1) is 0 Å². The first-order valence-corrected chi connectivity index (χ1v) is 5.64. The van der Waals surface area contributed by atoms with Crippen LogP contribution in [0.25, 0.3) is 0 Å². The molecule has 1 aromatic heterocycles. The lowest BCUT2D eigenvalue weighted by atomic mass is 9.90. The van der Waals surface area contributed by atoms with Crippen LogP contribution in [0.5, 0.6) is 11.8 Å². The number of aromatic nitrogens is 2. The molecule has 0 aliphatic rings. The lowest BCUT2D eigenvalue weighted by Gasteiger charge is -2.22. The second-order valence-corrected chi connectivity index (χ2v) is 4.35. The maximum Gasteiger partial charge on any atom is 0.241 e. The molecular formula is C12H20N2O3. The Morgan fingerprint density at radius 3 is 2.29 bits per heavy atom. The minimum absolute atomic E-state index is 0.0756. The van der Waals surface area contributed by atoms with Gasteiger partial charge >= 0.3 is 0 Å². The van der Waals surface area contributed by atoms with Crippen LogP contribution in [0.3, 0.4) is 0 Å². The van der Waals surface area contributed by atoms with Gasteiger partial charge in [0.2, 0.25) is 11.8 Å². The van der Waals surface area contributed by atoms with Crippen molar-refractivity contribution in [2.75, 3.05) is 14.2 Å². The summed E-state index contributed by atoms with van der Waals surface area (Å²) in [5.41, 5.74) is 0.453. The van der Waals surface area contributed by atoms with Crippen molar-refractivity contribution >= 4 is 0 Å². The Balaban J connectivity index is 3.04. The van der Waals surface area contributed by atoms with E-state index in [9.17, 15) is 5.11 Å². The topological polar surface area (TPSA) is 64.5 Å². The van der Waals surface area contributed by atoms with Gasteiger partial charge in [0.15, 0.2) is 0 Å². The molecule has 1 heterocycles. The molecular weight excluding hydrogens is 220 g/mol. The van der Waals surface area contributed by atoms with E-state index in [0.717, 1.165) is 0 Å². The van der Waals surface area contributed by atoms with Crippen molar-refractivity contribution in [2.45, 2.75) is 26.9 Å². The second kappa shape index (κ2) is 5.82. The van der Waals surface area contributed by atoms with Crippen LogP contribution in [0, 0.1) is 11.8 Å².